The fourth-order valence-electron chi connectivity index (χ4n) is 2.16. The van der Waals surface area contributed by atoms with Crippen LogP contribution in [0.15, 0.2) is 34.8 Å². The van der Waals surface area contributed by atoms with Crippen LogP contribution in [0.4, 0.5) is 0 Å². The molecule has 0 aliphatic carbocycles. The van der Waals surface area contributed by atoms with Crippen molar-refractivity contribution in [1.82, 2.24) is 5.32 Å². The number of nitrogens with one attached hydrogen (secondary N) is 1. The first-order chi connectivity index (χ1) is 10.9. The fraction of sp³-hybridized carbons (Fsp3) is 0.294. The summed E-state index contributed by atoms with van der Waals surface area (Å²) in [6, 6.07) is 9.32. The molecular formula is C17H18BrNO3S. The van der Waals surface area contributed by atoms with Crippen molar-refractivity contribution in [3.05, 3.63) is 55.7 Å². The van der Waals surface area contributed by atoms with Crippen LogP contribution in [0.3, 0.4) is 0 Å². The van der Waals surface area contributed by atoms with E-state index >= 15 is 0 Å². The number of hydrogen-bond acceptors (Lipinski definition) is 4. The number of ether oxygens (including phenoxy) is 1. The van der Waals surface area contributed by atoms with Gasteiger partial charge in [0.15, 0.2) is 6.61 Å². The maximum atomic E-state index is 12.0. The van der Waals surface area contributed by atoms with Gasteiger partial charge < -0.3 is 10.1 Å². The summed E-state index contributed by atoms with van der Waals surface area (Å²) in [6.07, 6.45) is 0. The second-order valence-corrected chi connectivity index (χ2v) is 7.62. The van der Waals surface area contributed by atoms with Gasteiger partial charge in [0.25, 0.3) is 5.91 Å². The van der Waals surface area contributed by atoms with E-state index in [2.05, 4.69) is 21.2 Å². The van der Waals surface area contributed by atoms with Crippen molar-refractivity contribution in [1.29, 1.82) is 0 Å². The van der Waals surface area contributed by atoms with Gasteiger partial charge >= 0.3 is 5.97 Å². The van der Waals surface area contributed by atoms with Crippen LogP contribution in [0.25, 0.3) is 0 Å². The molecule has 0 fully saturated rings. The van der Waals surface area contributed by atoms with Crippen LogP contribution >= 0.6 is 27.3 Å². The Morgan fingerprint density at radius 1 is 1.26 bits per heavy atom. The molecule has 122 valence electrons. The maximum Gasteiger partial charge on any atom is 0.339 e. The monoisotopic (exact) mass is 395 g/mol. The predicted octanol–water partition coefficient (Wildman–Crippen LogP) is 4.16. The highest BCUT2D eigenvalue weighted by molar-refractivity contribution is 9.10. The summed E-state index contributed by atoms with van der Waals surface area (Å²) in [5.41, 5.74) is 1.51. The van der Waals surface area contributed by atoms with Crippen LogP contribution in [-0.2, 0) is 9.53 Å². The molecule has 4 nitrogen and oxygen atoms in total. The fourth-order valence-corrected chi connectivity index (χ4v) is 3.34. The minimum atomic E-state index is -0.460. The number of esters is 1. The molecule has 0 aliphatic heterocycles. The van der Waals surface area contributed by atoms with Crippen molar-refractivity contribution >= 4 is 39.1 Å². The first-order valence-corrected chi connectivity index (χ1v) is 8.76. The Bertz CT molecular complexity index is 709. The predicted molar refractivity (Wildman–Crippen MR) is 94.8 cm³/mol. The molecule has 1 amide bonds. The number of hydrogen-bond donors (Lipinski definition) is 1. The van der Waals surface area contributed by atoms with E-state index in [1.54, 1.807) is 6.07 Å². The molecule has 1 heterocycles. The zero-order chi connectivity index (χ0) is 17.0. The summed E-state index contributed by atoms with van der Waals surface area (Å²) >= 11 is 4.91. The topological polar surface area (TPSA) is 55.4 Å². The van der Waals surface area contributed by atoms with E-state index in [9.17, 15) is 9.59 Å². The van der Waals surface area contributed by atoms with Crippen molar-refractivity contribution in [2.24, 2.45) is 0 Å². The summed E-state index contributed by atoms with van der Waals surface area (Å²) in [6.45, 7) is 5.40. The lowest BCUT2D eigenvalue weighted by molar-refractivity contribution is -0.124. The summed E-state index contributed by atoms with van der Waals surface area (Å²) in [5.74, 6) is -0.781. The Balaban J connectivity index is 1.86. The van der Waals surface area contributed by atoms with E-state index in [0.717, 1.165) is 19.8 Å². The lowest BCUT2D eigenvalue weighted by Crippen LogP contribution is -2.31. The molecule has 0 bridgehead atoms. The molecule has 0 radical (unpaired) electrons. The van der Waals surface area contributed by atoms with Gasteiger partial charge in [-0.3, -0.25) is 4.79 Å². The number of rotatable bonds is 5. The summed E-state index contributed by atoms with van der Waals surface area (Å²) in [4.78, 5) is 25.8. The van der Waals surface area contributed by atoms with Crippen molar-refractivity contribution in [3.63, 3.8) is 0 Å². The Hall–Kier alpha value is -1.66. The highest BCUT2D eigenvalue weighted by atomic mass is 79.9. The minimum Gasteiger partial charge on any atom is -0.452 e. The molecule has 1 N–H and O–H groups in total. The Morgan fingerprint density at radius 3 is 2.48 bits per heavy atom. The molecule has 0 aliphatic rings. The largest absolute Gasteiger partial charge is 0.452 e. The number of carbonyl (C=O) groups excluding carboxylic acids is 2. The second kappa shape index (κ2) is 7.75. The maximum absolute atomic E-state index is 12.0. The molecule has 2 rings (SSSR count). The molecule has 0 saturated heterocycles. The van der Waals surface area contributed by atoms with Crippen LogP contribution in [-0.4, -0.2) is 18.5 Å². The van der Waals surface area contributed by atoms with E-state index in [0.29, 0.717) is 5.56 Å². The zero-order valence-electron chi connectivity index (χ0n) is 13.2. The van der Waals surface area contributed by atoms with Gasteiger partial charge in [0.1, 0.15) is 0 Å². The number of halogens is 1. The number of benzene rings is 1. The van der Waals surface area contributed by atoms with E-state index in [4.69, 9.17) is 4.74 Å². The molecule has 0 unspecified atom stereocenters. The highest BCUT2D eigenvalue weighted by Crippen LogP contribution is 2.21. The van der Waals surface area contributed by atoms with Gasteiger partial charge in [-0.15, -0.1) is 11.3 Å². The molecular weight excluding hydrogens is 378 g/mol. The summed E-state index contributed by atoms with van der Waals surface area (Å²) in [5, 5.41) is 2.81. The first kappa shape index (κ1) is 17.7. The third kappa shape index (κ3) is 4.91. The molecule has 23 heavy (non-hydrogen) atoms. The van der Waals surface area contributed by atoms with Gasteiger partial charge in [-0.25, -0.2) is 4.79 Å². The van der Waals surface area contributed by atoms with Gasteiger partial charge in [0.2, 0.25) is 0 Å². The van der Waals surface area contributed by atoms with Crippen LogP contribution in [0, 0.1) is 13.8 Å². The average Bonchev–Trinajstić information content (AvgIpc) is 2.84. The normalized spacial score (nSPS) is 11.8. The SMILES string of the molecule is Cc1cc(C(=O)OCC(=O)N[C@H](C)c2ccc(Br)cc2)c(C)s1. The van der Waals surface area contributed by atoms with Crippen LogP contribution in [0.5, 0.6) is 0 Å². The smallest absolute Gasteiger partial charge is 0.339 e. The molecule has 1 atom stereocenters. The Labute approximate surface area is 148 Å². The second-order valence-electron chi connectivity index (χ2n) is 5.24. The molecule has 1 aromatic carbocycles. The molecule has 0 spiro atoms. The molecule has 2 aromatic rings. The van der Waals surface area contributed by atoms with E-state index in [-0.39, 0.29) is 18.6 Å². The number of carbonyl (C=O) groups is 2. The highest BCUT2D eigenvalue weighted by Gasteiger charge is 2.16. The van der Waals surface area contributed by atoms with Gasteiger partial charge in [0, 0.05) is 14.2 Å². The quantitative estimate of drug-likeness (QED) is 0.773. The molecule has 6 heteroatoms. The van der Waals surface area contributed by atoms with E-state index in [1.807, 2.05) is 45.0 Å². The van der Waals surface area contributed by atoms with Crippen LogP contribution in [0.1, 0.15) is 38.6 Å². The molecule has 0 saturated carbocycles. The van der Waals surface area contributed by atoms with Crippen LogP contribution in [0.2, 0.25) is 0 Å². The lowest BCUT2D eigenvalue weighted by atomic mass is 10.1. The lowest BCUT2D eigenvalue weighted by Gasteiger charge is -2.14. The van der Waals surface area contributed by atoms with Gasteiger partial charge in [-0.1, -0.05) is 28.1 Å². The Kier molecular flexibility index (Phi) is 5.96. The third-order valence-corrected chi connectivity index (χ3v) is 4.84. The standard InChI is InChI=1S/C17H18BrNO3S/c1-10-8-15(12(3)23-10)17(21)22-9-16(20)19-11(2)13-4-6-14(18)7-5-13/h4-8,11H,9H2,1-3H3,(H,19,20)/t11-/m1/s1. The van der Waals surface area contributed by atoms with E-state index < -0.39 is 5.97 Å². The van der Waals surface area contributed by atoms with Crippen LogP contribution < -0.4 is 5.32 Å². The Morgan fingerprint density at radius 2 is 1.91 bits per heavy atom. The summed E-state index contributed by atoms with van der Waals surface area (Å²) < 4.78 is 6.07. The van der Waals surface area contributed by atoms with Gasteiger partial charge in [0.05, 0.1) is 11.6 Å². The number of thiophene rings is 1. The zero-order valence-corrected chi connectivity index (χ0v) is 15.6. The average molecular weight is 396 g/mol. The number of aryl methyl sites for hydroxylation is 2. The number of amides is 1. The van der Waals surface area contributed by atoms with Crippen molar-refractivity contribution < 1.29 is 14.3 Å². The van der Waals surface area contributed by atoms with Gasteiger partial charge in [-0.05, 0) is 44.5 Å². The van der Waals surface area contributed by atoms with Gasteiger partial charge in [-0.2, -0.15) is 0 Å². The summed E-state index contributed by atoms with van der Waals surface area (Å²) in [7, 11) is 0. The molecule has 1 aromatic heterocycles. The van der Waals surface area contributed by atoms with Crippen molar-refractivity contribution in [3.8, 4) is 0 Å². The van der Waals surface area contributed by atoms with Crippen molar-refractivity contribution in [2.75, 3.05) is 6.61 Å². The van der Waals surface area contributed by atoms with E-state index in [1.165, 1.54) is 11.3 Å². The third-order valence-electron chi connectivity index (χ3n) is 3.34. The minimum absolute atomic E-state index is 0.153. The van der Waals surface area contributed by atoms with Crippen molar-refractivity contribution in [2.45, 2.75) is 26.8 Å². The first-order valence-electron chi connectivity index (χ1n) is 7.16.